The van der Waals surface area contributed by atoms with Crippen molar-refractivity contribution in [2.24, 2.45) is 0 Å². The molecule has 142 valence electrons. The number of anilines is 1. The van der Waals surface area contributed by atoms with E-state index < -0.39 is 0 Å². The van der Waals surface area contributed by atoms with E-state index in [0.29, 0.717) is 18.8 Å². The van der Waals surface area contributed by atoms with Crippen molar-refractivity contribution in [2.45, 2.75) is 33.4 Å². The lowest BCUT2D eigenvalue weighted by Gasteiger charge is -2.30. The summed E-state index contributed by atoms with van der Waals surface area (Å²) in [5.41, 5.74) is 6.63. The first kappa shape index (κ1) is 18.1. The first-order chi connectivity index (χ1) is 13.6. The van der Waals surface area contributed by atoms with Crippen LogP contribution in [-0.2, 0) is 24.2 Å². The molecule has 0 radical (unpaired) electrons. The van der Waals surface area contributed by atoms with Gasteiger partial charge in [0, 0.05) is 24.2 Å². The molecule has 0 fully saturated rings. The molecule has 0 saturated carbocycles. The Balaban J connectivity index is 1.86. The molecule has 2 aromatic heterocycles. The Morgan fingerprint density at radius 3 is 2.82 bits per heavy atom. The van der Waals surface area contributed by atoms with Crippen LogP contribution in [0.15, 0.2) is 43.2 Å². The fourth-order valence-corrected chi connectivity index (χ4v) is 4.10. The van der Waals surface area contributed by atoms with Gasteiger partial charge in [0.25, 0.3) is 0 Å². The maximum atomic E-state index is 9.55. The van der Waals surface area contributed by atoms with Crippen LogP contribution >= 0.6 is 0 Å². The van der Waals surface area contributed by atoms with E-state index >= 15 is 0 Å². The molecule has 0 unspecified atom stereocenters. The average Bonchev–Trinajstić information content (AvgIpc) is 2.97. The van der Waals surface area contributed by atoms with Gasteiger partial charge in [-0.3, -0.25) is 0 Å². The van der Waals surface area contributed by atoms with Gasteiger partial charge in [-0.1, -0.05) is 30.8 Å². The molecule has 1 aromatic carbocycles. The van der Waals surface area contributed by atoms with Crippen LogP contribution in [0.5, 0.6) is 0 Å². The second kappa shape index (κ2) is 7.40. The summed E-state index contributed by atoms with van der Waals surface area (Å²) in [6.07, 6.45) is 2.46. The molecule has 1 aliphatic heterocycles. The third-order valence-corrected chi connectivity index (χ3v) is 5.69. The molecular formula is C23H24N4O. The predicted octanol–water partition coefficient (Wildman–Crippen LogP) is 4.25. The fraction of sp³-hybridized carbons (Fsp3) is 0.304. The summed E-state index contributed by atoms with van der Waals surface area (Å²) in [4.78, 5) is 7.04. The molecule has 4 rings (SSSR count). The average molecular weight is 372 g/mol. The van der Waals surface area contributed by atoms with Gasteiger partial charge in [0.15, 0.2) is 5.82 Å². The van der Waals surface area contributed by atoms with Crippen LogP contribution in [0, 0.1) is 25.2 Å². The smallest absolute Gasteiger partial charge is 0.155 e. The zero-order valence-electron chi connectivity index (χ0n) is 16.4. The second-order valence-corrected chi connectivity index (χ2v) is 7.18. The Morgan fingerprint density at radius 1 is 1.29 bits per heavy atom. The number of nitriles is 1. The summed E-state index contributed by atoms with van der Waals surface area (Å²) in [6.45, 7) is 10.8. The highest BCUT2D eigenvalue weighted by molar-refractivity contribution is 5.94. The number of fused-ring (bicyclic) bond motifs is 2. The SMILES string of the molecule is C=COCCn1c(C)c(C)c2cc(C#N)nc(N3CCc4ccccc4C3)c21. The molecule has 0 bridgehead atoms. The lowest BCUT2D eigenvalue weighted by atomic mass is 10.00. The van der Waals surface area contributed by atoms with E-state index in [-0.39, 0.29) is 0 Å². The number of nitrogens with zero attached hydrogens (tertiary/aromatic N) is 4. The van der Waals surface area contributed by atoms with Crippen molar-refractivity contribution >= 4 is 16.7 Å². The summed E-state index contributed by atoms with van der Waals surface area (Å²) in [6, 6.07) is 12.7. The van der Waals surface area contributed by atoms with Crippen LogP contribution in [-0.4, -0.2) is 22.7 Å². The van der Waals surface area contributed by atoms with Crippen molar-refractivity contribution < 1.29 is 4.74 Å². The Hall–Kier alpha value is -3.26. The van der Waals surface area contributed by atoms with E-state index in [4.69, 9.17) is 9.72 Å². The summed E-state index contributed by atoms with van der Waals surface area (Å²) in [7, 11) is 0. The predicted molar refractivity (Wildman–Crippen MR) is 111 cm³/mol. The largest absolute Gasteiger partial charge is 0.500 e. The highest BCUT2D eigenvalue weighted by atomic mass is 16.5. The molecule has 0 amide bonds. The molecule has 0 N–H and O–H groups in total. The normalized spacial score (nSPS) is 13.2. The van der Waals surface area contributed by atoms with Gasteiger partial charge in [-0.2, -0.15) is 5.26 Å². The van der Waals surface area contributed by atoms with E-state index in [1.54, 1.807) is 0 Å². The van der Waals surface area contributed by atoms with Crippen molar-refractivity contribution in [1.82, 2.24) is 9.55 Å². The van der Waals surface area contributed by atoms with Gasteiger partial charge in [-0.25, -0.2) is 4.98 Å². The molecule has 5 heteroatoms. The summed E-state index contributed by atoms with van der Waals surface area (Å²) in [5, 5.41) is 10.6. The number of hydrogen-bond donors (Lipinski definition) is 0. The number of hydrogen-bond acceptors (Lipinski definition) is 4. The lowest BCUT2D eigenvalue weighted by Crippen LogP contribution is -2.31. The van der Waals surface area contributed by atoms with E-state index in [0.717, 1.165) is 36.2 Å². The van der Waals surface area contributed by atoms with Crippen LogP contribution in [0.3, 0.4) is 0 Å². The topological polar surface area (TPSA) is 54.1 Å². The number of ether oxygens (including phenoxy) is 1. The Labute approximate surface area is 165 Å². The van der Waals surface area contributed by atoms with E-state index in [9.17, 15) is 5.26 Å². The van der Waals surface area contributed by atoms with Crippen LogP contribution in [0.1, 0.15) is 28.1 Å². The molecule has 0 saturated heterocycles. The quantitative estimate of drug-likeness (QED) is 0.496. The van der Waals surface area contributed by atoms with Crippen LogP contribution in [0.4, 0.5) is 5.82 Å². The Kier molecular flexibility index (Phi) is 4.79. The van der Waals surface area contributed by atoms with Crippen LogP contribution in [0.25, 0.3) is 10.9 Å². The van der Waals surface area contributed by atoms with Gasteiger partial charge in [0.1, 0.15) is 18.4 Å². The van der Waals surface area contributed by atoms with Gasteiger partial charge in [-0.15, -0.1) is 0 Å². The minimum absolute atomic E-state index is 0.462. The molecule has 0 aliphatic carbocycles. The summed E-state index contributed by atoms with van der Waals surface area (Å²) >= 11 is 0. The molecule has 0 atom stereocenters. The molecule has 28 heavy (non-hydrogen) atoms. The van der Waals surface area contributed by atoms with Gasteiger partial charge in [0.2, 0.25) is 0 Å². The third kappa shape index (κ3) is 3.01. The monoisotopic (exact) mass is 372 g/mol. The first-order valence-corrected chi connectivity index (χ1v) is 9.58. The first-order valence-electron chi connectivity index (χ1n) is 9.58. The van der Waals surface area contributed by atoms with E-state index in [1.807, 2.05) is 6.07 Å². The lowest BCUT2D eigenvalue weighted by molar-refractivity contribution is 0.237. The number of aromatic nitrogens is 2. The van der Waals surface area contributed by atoms with Gasteiger partial charge in [-0.05, 0) is 43.0 Å². The van der Waals surface area contributed by atoms with Crippen molar-refractivity contribution in [2.75, 3.05) is 18.1 Å². The highest BCUT2D eigenvalue weighted by Crippen LogP contribution is 2.34. The minimum atomic E-state index is 0.462. The number of aryl methyl sites for hydroxylation is 1. The number of pyridine rings is 1. The molecule has 3 aromatic rings. The highest BCUT2D eigenvalue weighted by Gasteiger charge is 2.24. The molecule has 3 heterocycles. The van der Waals surface area contributed by atoms with E-state index in [2.05, 4.69) is 60.2 Å². The van der Waals surface area contributed by atoms with Gasteiger partial charge >= 0.3 is 0 Å². The molecular weight excluding hydrogens is 348 g/mol. The zero-order chi connectivity index (χ0) is 19.7. The molecule has 5 nitrogen and oxygen atoms in total. The number of benzene rings is 1. The second-order valence-electron chi connectivity index (χ2n) is 7.18. The minimum Gasteiger partial charge on any atom is -0.500 e. The van der Waals surface area contributed by atoms with Crippen molar-refractivity contribution in [3.05, 3.63) is 71.3 Å². The number of rotatable bonds is 5. The maximum absolute atomic E-state index is 9.55. The Bertz CT molecular complexity index is 1090. The van der Waals surface area contributed by atoms with Crippen LogP contribution < -0.4 is 4.90 Å². The fourth-order valence-electron chi connectivity index (χ4n) is 4.10. The third-order valence-electron chi connectivity index (χ3n) is 5.69. The van der Waals surface area contributed by atoms with Crippen LogP contribution in [0.2, 0.25) is 0 Å². The molecule has 0 spiro atoms. The van der Waals surface area contributed by atoms with E-state index in [1.165, 1.54) is 28.6 Å². The summed E-state index contributed by atoms with van der Waals surface area (Å²) in [5.74, 6) is 0.887. The van der Waals surface area contributed by atoms with Crippen molar-refractivity contribution in [1.29, 1.82) is 5.26 Å². The van der Waals surface area contributed by atoms with Crippen molar-refractivity contribution in [3.8, 4) is 6.07 Å². The summed E-state index contributed by atoms with van der Waals surface area (Å²) < 4.78 is 7.65. The Morgan fingerprint density at radius 2 is 2.07 bits per heavy atom. The maximum Gasteiger partial charge on any atom is 0.155 e. The van der Waals surface area contributed by atoms with Gasteiger partial charge < -0.3 is 14.2 Å². The molecule has 1 aliphatic rings. The standard InChI is InChI=1S/C23H24N4O/c1-4-28-12-11-27-17(3)16(2)21-13-20(14-24)25-23(22(21)27)26-10-9-18-7-5-6-8-19(18)15-26/h4-8,13H,1,9-12,15H2,2-3H3. The van der Waals surface area contributed by atoms with Crippen molar-refractivity contribution in [3.63, 3.8) is 0 Å². The van der Waals surface area contributed by atoms with Gasteiger partial charge in [0.05, 0.1) is 18.3 Å². The zero-order valence-corrected chi connectivity index (χ0v) is 16.4.